The zero-order valence-electron chi connectivity index (χ0n) is 15.7. The Hall–Kier alpha value is -2.90. The van der Waals surface area contributed by atoms with Crippen molar-refractivity contribution < 1.29 is 9.59 Å². The predicted molar refractivity (Wildman–Crippen MR) is 100 cm³/mol. The number of rotatable bonds is 3. The number of hydrogen-bond acceptors (Lipinski definition) is 4. The minimum Gasteiger partial charge on any atom is -0.338 e. The van der Waals surface area contributed by atoms with Gasteiger partial charge in [-0.3, -0.25) is 4.79 Å². The average Bonchev–Trinajstić information content (AvgIpc) is 3.18. The van der Waals surface area contributed by atoms with Crippen LogP contribution in [0.25, 0.3) is 0 Å². The number of aromatic nitrogens is 3. The van der Waals surface area contributed by atoms with Gasteiger partial charge in [0.25, 0.3) is 0 Å². The number of nitrogens with zero attached hydrogens (tertiary/aromatic N) is 5. The van der Waals surface area contributed by atoms with E-state index in [1.54, 1.807) is 16.1 Å². The van der Waals surface area contributed by atoms with Crippen LogP contribution in [0.5, 0.6) is 0 Å². The summed E-state index contributed by atoms with van der Waals surface area (Å²) in [7, 11) is 3.70. The molecular weight excluding hydrogens is 344 g/mol. The van der Waals surface area contributed by atoms with Gasteiger partial charge in [-0.2, -0.15) is 0 Å². The summed E-state index contributed by atoms with van der Waals surface area (Å²) in [6.07, 6.45) is 3.84. The Labute approximate surface area is 158 Å². The molecule has 1 N–H and O–H groups in total. The molecule has 2 aromatic rings. The van der Waals surface area contributed by atoms with Crippen LogP contribution in [0.1, 0.15) is 24.2 Å². The Morgan fingerprint density at radius 2 is 2.11 bits per heavy atom. The Morgan fingerprint density at radius 3 is 2.89 bits per heavy atom. The summed E-state index contributed by atoms with van der Waals surface area (Å²) < 4.78 is 1.84. The van der Waals surface area contributed by atoms with Gasteiger partial charge in [-0.15, -0.1) is 10.2 Å². The smallest absolute Gasteiger partial charge is 0.317 e. The highest BCUT2D eigenvalue weighted by Crippen LogP contribution is 2.46. The third-order valence-electron chi connectivity index (χ3n) is 5.70. The van der Waals surface area contributed by atoms with Crippen molar-refractivity contribution in [2.75, 3.05) is 31.6 Å². The zero-order valence-corrected chi connectivity index (χ0v) is 15.7. The molecule has 2 aliphatic heterocycles. The second-order valence-corrected chi connectivity index (χ2v) is 7.33. The average molecular weight is 368 g/mol. The summed E-state index contributed by atoms with van der Waals surface area (Å²) >= 11 is 0. The van der Waals surface area contributed by atoms with Gasteiger partial charge in [0.15, 0.2) is 0 Å². The number of amides is 3. The summed E-state index contributed by atoms with van der Waals surface area (Å²) in [6.45, 7) is 1.57. The Balaban J connectivity index is 1.46. The number of para-hydroxylation sites is 1. The molecule has 0 radical (unpaired) electrons. The highest BCUT2D eigenvalue weighted by Gasteiger charge is 2.52. The van der Waals surface area contributed by atoms with Gasteiger partial charge < -0.3 is 19.7 Å². The summed E-state index contributed by atoms with van der Waals surface area (Å²) in [5.74, 6) is 0.909. The van der Waals surface area contributed by atoms with E-state index in [0.29, 0.717) is 26.1 Å². The quantitative estimate of drug-likeness (QED) is 0.879. The van der Waals surface area contributed by atoms with E-state index in [1.807, 2.05) is 42.9 Å². The van der Waals surface area contributed by atoms with Crippen molar-refractivity contribution in [1.29, 1.82) is 0 Å². The van der Waals surface area contributed by atoms with Crippen LogP contribution in [0.4, 0.5) is 10.5 Å². The molecule has 1 saturated heterocycles. The third kappa shape index (κ3) is 2.85. The number of benzene rings is 1. The minimum absolute atomic E-state index is 0.0836. The Bertz CT molecular complexity index is 879. The molecular formula is C19H24N6O2. The molecule has 4 rings (SSSR count). The maximum Gasteiger partial charge on any atom is 0.317 e. The summed E-state index contributed by atoms with van der Waals surface area (Å²) in [5.41, 5.74) is 1.37. The van der Waals surface area contributed by atoms with Crippen molar-refractivity contribution in [3.05, 3.63) is 42.0 Å². The van der Waals surface area contributed by atoms with E-state index in [9.17, 15) is 9.59 Å². The molecule has 3 heterocycles. The molecule has 1 spiro atoms. The lowest BCUT2D eigenvalue weighted by atomic mass is 9.75. The molecule has 1 aromatic carbocycles. The first-order valence-corrected chi connectivity index (χ1v) is 9.26. The van der Waals surface area contributed by atoms with Gasteiger partial charge in [0.2, 0.25) is 5.91 Å². The van der Waals surface area contributed by atoms with Gasteiger partial charge in [-0.05, 0) is 24.5 Å². The molecule has 1 aromatic heterocycles. The number of nitrogens with one attached hydrogen (secondary N) is 1. The molecule has 3 amide bonds. The van der Waals surface area contributed by atoms with Crippen LogP contribution >= 0.6 is 0 Å². The predicted octanol–water partition coefficient (Wildman–Crippen LogP) is 1.08. The number of hydrogen-bond donors (Lipinski definition) is 1. The van der Waals surface area contributed by atoms with Crippen LogP contribution in [0.2, 0.25) is 0 Å². The van der Waals surface area contributed by atoms with E-state index in [1.165, 1.54) is 0 Å². The van der Waals surface area contributed by atoms with E-state index in [4.69, 9.17) is 0 Å². The number of likely N-dealkylation sites (N-methyl/N-ethyl adjacent to an activating group) is 1. The van der Waals surface area contributed by atoms with Gasteiger partial charge >= 0.3 is 6.03 Å². The van der Waals surface area contributed by atoms with Crippen molar-refractivity contribution in [1.82, 2.24) is 25.0 Å². The van der Waals surface area contributed by atoms with Crippen molar-refractivity contribution >= 4 is 17.6 Å². The molecule has 27 heavy (non-hydrogen) atoms. The molecule has 1 atom stereocenters. The molecule has 0 bridgehead atoms. The number of fused-ring (bicyclic) bond motifs is 2. The maximum absolute atomic E-state index is 13.1. The zero-order chi connectivity index (χ0) is 19.0. The lowest BCUT2D eigenvalue weighted by molar-refractivity contribution is -0.124. The van der Waals surface area contributed by atoms with E-state index < -0.39 is 5.41 Å². The summed E-state index contributed by atoms with van der Waals surface area (Å²) in [4.78, 5) is 29.3. The number of urea groups is 1. The van der Waals surface area contributed by atoms with E-state index in [0.717, 1.165) is 29.9 Å². The fraction of sp³-hybridized carbons (Fsp3) is 0.474. The Morgan fingerprint density at radius 1 is 1.30 bits per heavy atom. The van der Waals surface area contributed by atoms with Crippen LogP contribution in [-0.2, 0) is 23.7 Å². The third-order valence-corrected chi connectivity index (χ3v) is 5.70. The lowest BCUT2D eigenvalue weighted by Crippen LogP contribution is -2.55. The first-order chi connectivity index (χ1) is 13.0. The fourth-order valence-corrected chi connectivity index (χ4v) is 4.27. The van der Waals surface area contributed by atoms with E-state index >= 15 is 0 Å². The van der Waals surface area contributed by atoms with Crippen LogP contribution in [0, 0.1) is 0 Å². The molecule has 142 valence electrons. The number of carbonyl (C=O) groups excluding carboxylic acids is 2. The van der Waals surface area contributed by atoms with E-state index in [-0.39, 0.29) is 11.9 Å². The first-order valence-electron chi connectivity index (χ1n) is 9.26. The van der Waals surface area contributed by atoms with Gasteiger partial charge in [0.05, 0.1) is 5.41 Å². The number of piperidine rings is 1. The SMILES string of the molecule is CN1C(=O)[C@@]2(CCCN(C(=O)NCCc3nncn3C)C2)c2ccccc21. The van der Waals surface area contributed by atoms with E-state index in [2.05, 4.69) is 15.5 Å². The van der Waals surface area contributed by atoms with Crippen LogP contribution < -0.4 is 10.2 Å². The largest absolute Gasteiger partial charge is 0.338 e. The number of aryl methyl sites for hydroxylation is 1. The van der Waals surface area contributed by atoms with Crippen molar-refractivity contribution in [3.8, 4) is 0 Å². The van der Waals surface area contributed by atoms with Crippen molar-refractivity contribution in [3.63, 3.8) is 0 Å². The Kier molecular flexibility index (Phi) is 4.33. The molecule has 0 saturated carbocycles. The lowest BCUT2D eigenvalue weighted by Gasteiger charge is -2.39. The molecule has 8 heteroatoms. The molecule has 0 unspecified atom stereocenters. The minimum atomic E-state index is -0.621. The maximum atomic E-state index is 13.1. The monoisotopic (exact) mass is 368 g/mol. The second-order valence-electron chi connectivity index (χ2n) is 7.33. The molecule has 1 fully saturated rings. The number of likely N-dealkylation sites (tertiary alicyclic amines) is 1. The standard InChI is InChI=1S/C19H24N6O2/c1-23-13-21-22-16(23)8-10-20-18(27)25-11-5-9-19(12-25)14-6-3-4-7-15(14)24(2)17(19)26/h3-4,6-7,13H,5,8-12H2,1-2H3,(H,20,27)/t19-/m1/s1. The summed E-state index contributed by atoms with van der Waals surface area (Å²) in [6, 6.07) is 7.78. The van der Waals surface area contributed by atoms with Crippen molar-refractivity contribution in [2.45, 2.75) is 24.7 Å². The fourth-order valence-electron chi connectivity index (χ4n) is 4.27. The van der Waals surface area contributed by atoms with Gasteiger partial charge in [0.1, 0.15) is 12.2 Å². The summed E-state index contributed by atoms with van der Waals surface area (Å²) in [5, 5.41) is 10.8. The van der Waals surface area contributed by atoms with Gasteiger partial charge in [-0.25, -0.2) is 4.79 Å². The van der Waals surface area contributed by atoms with Crippen LogP contribution in [-0.4, -0.2) is 58.3 Å². The molecule has 0 aliphatic carbocycles. The normalized spacial score (nSPS) is 21.6. The second kappa shape index (κ2) is 6.68. The van der Waals surface area contributed by atoms with Gasteiger partial charge in [0, 0.05) is 45.8 Å². The van der Waals surface area contributed by atoms with Gasteiger partial charge in [-0.1, -0.05) is 18.2 Å². The number of anilines is 1. The highest BCUT2D eigenvalue weighted by molar-refractivity contribution is 6.08. The first kappa shape index (κ1) is 17.5. The van der Waals surface area contributed by atoms with Crippen molar-refractivity contribution in [2.24, 2.45) is 7.05 Å². The number of carbonyl (C=O) groups is 2. The van der Waals surface area contributed by atoms with Crippen LogP contribution in [0.3, 0.4) is 0 Å². The molecule has 8 nitrogen and oxygen atoms in total. The van der Waals surface area contributed by atoms with Crippen LogP contribution in [0.15, 0.2) is 30.6 Å². The molecule has 2 aliphatic rings. The highest BCUT2D eigenvalue weighted by atomic mass is 16.2. The topological polar surface area (TPSA) is 83.4 Å².